The summed E-state index contributed by atoms with van der Waals surface area (Å²) in [4.78, 5) is 24.9. The first-order valence-corrected chi connectivity index (χ1v) is 6.24. The summed E-state index contributed by atoms with van der Waals surface area (Å²) in [7, 11) is 0. The second-order valence-corrected chi connectivity index (χ2v) is 4.76. The Balaban J connectivity index is 2.37. The number of carboxylic acids is 1. The lowest BCUT2D eigenvalue weighted by molar-refractivity contribution is -0.152. The molecule has 0 spiro atoms. The van der Waals surface area contributed by atoms with Crippen LogP contribution >= 0.6 is 0 Å². The van der Waals surface area contributed by atoms with E-state index < -0.39 is 30.6 Å². The first-order valence-electron chi connectivity index (χ1n) is 6.24. The van der Waals surface area contributed by atoms with Crippen LogP contribution in [-0.4, -0.2) is 71.7 Å². The summed E-state index contributed by atoms with van der Waals surface area (Å²) in [6.07, 6.45) is -4.43. The highest BCUT2D eigenvalue weighted by Crippen LogP contribution is 2.17. The molecule has 3 N–H and O–H groups in total. The molecule has 0 aliphatic carbocycles. The summed E-state index contributed by atoms with van der Waals surface area (Å²) in [5.74, 6) is -1.44. The fourth-order valence-corrected chi connectivity index (χ4v) is 2.02. The van der Waals surface area contributed by atoms with Gasteiger partial charge in [0.15, 0.2) is 0 Å². The minimum Gasteiger partial charge on any atom is -0.481 e. The highest BCUT2D eigenvalue weighted by atomic mass is 19.4. The summed E-state index contributed by atoms with van der Waals surface area (Å²) >= 11 is 0. The van der Waals surface area contributed by atoms with Crippen LogP contribution in [0.25, 0.3) is 0 Å². The average molecular weight is 297 g/mol. The van der Waals surface area contributed by atoms with Crippen LogP contribution in [0.2, 0.25) is 0 Å². The second-order valence-electron chi connectivity index (χ2n) is 4.76. The number of piperazine rings is 1. The Bertz CT molecular complexity index is 355. The van der Waals surface area contributed by atoms with Gasteiger partial charge < -0.3 is 15.7 Å². The molecule has 0 bridgehead atoms. The number of aliphatic carboxylic acids is 1. The molecule has 116 valence electrons. The Morgan fingerprint density at radius 3 is 2.20 bits per heavy atom. The summed E-state index contributed by atoms with van der Waals surface area (Å²) < 4.78 is 36.6. The lowest BCUT2D eigenvalue weighted by Crippen LogP contribution is -2.54. The molecule has 9 heteroatoms. The van der Waals surface area contributed by atoms with E-state index in [0.717, 1.165) is 0 Å². The van der Waals surface area contributed by atoms with Crippen LogP contribution < -0.4 is 5.73 Å². The van der Waals surface area contributed by atoms with Gasteiger partial charge in [0.05, 0.1) is 12.6 Å². The molecule has 1 saturated heterocycles. The third-order valence-electron chi connectivity index (χ3n) is 3.07. The van der Waals surface area contributed by atoms with Crippen LogP contribution in [0.4, 0.5) is 13.2 Å². The van der Waals surface area contributed by atoms with Crippen LogP contribution in [0.5, 0.6) is 0 Å². The molecule has 1 fully saturated rings. The second kappa shape index (κ2) is 6.89. The average Bonchev–Trinajstić information content (AvgIpc) is 2.34. The minimum absolute atomic E-state index is 0.0247. The van der Waals surface area contributed by atoms with Crippen molar-refractivity contribution < 1.29 is 27.9 Å². The molecule has 1 aliphatic rings. The number of hydrogen-bond acceptors (Lipinski definition) is 4. The summed E-state index contributed by atoms with van der Waals surface area (Å²) in [6, 6.07) is -0.916. The van der Waals surface area contributed by atoms with Crippen molar-refractivity contribution in [3.05, 3.63) is 0 Å². The maximum absolute atomic E-state index is 12.2. The molecule has 0 aromatic rings. The zero-order valence-electron chi connectivity index (χ0n) is 10.9. The number of carbonyl (C=O) groups excluding carboxylic acids is 1. The number of amides is 1. The smallest absolute Gasteiger partial charge is 0.401 e. The minimum atomic E-state index is -4.25. The molecule has 1 unspecified atom stereocenters. The number of halogens is 3. The Hall–Kier alpha value is -1.35. The predicted octanol–water partition coefficient (Wildman–Crippen LogP) is -0.115. The van der Waals surface area contributed by atoms with Gasteiger partial charge in [-0.05, 0) is 6.42 Å². The highest BCUT2D eigenvalue weighted by molar-refractivity contribution is 5.82. The largest absolute Gasteiger partial charge is 0.481 e. The van der Waals surface area contributed by atoms with Gasteiger partial charge in [-0.2, -0.15) is 13.2 Å². The normalized spacial score (nSPS) is 18.9. The highest BCUT2D eigenvalue weighted by Gasteiger charge is 2.33. The van der Waals surface area contributed by atoms with Crippen molar-refractivity contribution in [2.45, 2.75) is 25.1 Å². The third kappa shape index (κ3) is 5.74. The maximum Gasteiger partial charge on any atom is 0.401 e. The summed E-state index contributed by atoms with van der Waals surface area (Å²) in [5, 5.41) is 8.50. The van der Waals surface area contributed by atoms with Gasteiger partial charge in [0.1, 0.15) is 0 Å². The quantitative estimate of drug-likeness (QED) is 0.739. The topological polar surface area (TPSA) is 86.9 Å². The molecule has 0 aromatic heterocycles. The van der Waals surface area contributed by atoms with Crippen LogP contribution in [0.15, 0.2) is 0 Å². The number of nitrogens with two attached hydrogens (primary N) is 1. The Morgan fingerprint density at radius 1 is 1.20 bits per heavy atom. The van der Waals surface area contributed by atoms with Crippen molar-refractivity contribution >= 4 is 11.9 Å². The molecule has 20 heavy (non-hydrogen) atoms. The lowest BCUT2D eigenvalue weighted by atomic mass is 10.1. The lowest BCUT2D eigenvalue weighted by Gasteiger charge is -2.36. The molecule has 0 radical (unpaired) electrons. The fourth-order valence-electron chi connectivity index (χ4n) is 2.02. The van der Waals surface area contributed by atoms with Gasteiger partial charge in [0.25, 0.3) is 0 Å². The number of nitrogens with zero attached hydrogens (tertiary/aromatic N) is 2. The van der Waals surface area contributed by atoms with Crippen molar-refractivity contribution in [3.63, 3.8) is 0 Å². The number of alkyl halides is 3. The van der Waals surface area contributed by atoms with E-state index >= 15 is 0 Å². The summed E-state index contributed by atoms with van der Waals surface area (Å²) in [6.45, 7) is -0.362. The van der Waals surface area contributed by atoms with Crippen molar-refractivity contribution in [3.8, 4) is 0 Å². The van der Waals surface area contributed by atoms with Crippen molar-refractivity contribution in [1.29, 1.82) is 0 Å². The van der Waals surface area contributed by atoms with Crippen LogP contribution in [0.3, 0.4) is 0 Å². The third-order valence-corrected chi connectivity index (χ3v) is 3.07. The fraction of sp³-hybridized carbons (Fsp3) is 0.818. The Morgan fingerprint density at radius 2 is 1.75 bits per heavy atom. The van der Waals surface area contributed by atoms with E-state index in [9.17, 15) is 22.8 Å². The van der Waals surface area contributed by atoms with Crippen molar-refractivity contribution in [2.24, 2.45) is 5.73 Å². The zero-order valence-corrected chi connectivity index (χ0v) is 10.9. The van der Waals surface area contributed by atoms with E-state index in [1.165, 1.54) is 9.80 Å². The first kappa shape index (κ1) is 16.7. The van der Waals surface area contributed by atoms with Crippen LogP contribution in [0, 0.1) is 0 Å². The predicted molar refractivity (Wildman–Crippen MR) is 63.9 cm³/mol. The standard InChI is InChI=1S/C11H18F3N3O3/c12-11(13,14)7-16-3-5-17(6-4-16)10(20)8(15)1-2-9(18)19/h8H,1-7,15H2,(H,18,19). The van der Waals surface area contributed by atoms with E-state index in [1.807, 2.05) is 0 Å². The van der Waals surface area contributed by atoms with Crippen molar-refractivity contribution in [1.82, 2.24) is 9.80 Å². The molecule has 0 aromatic carbocycles. The molecular weight excluding hydrogens is 279 g/mol. The molecule has 1 rings (SSSR count). The van der Waals surface area contributed by atoms with Gasteiger partial charge in [-0.15, -0.1) is 0 Å². The van der Waals surface area contributed by atoms with E-state index in [1.54, 1.807) is 0 Å². The SMILES string of the molecule is NC(CCC(=O)O)C(=O)N1CCN(CC(F)(F)F)CC1. The van der Waals surface area contributed by atoms with E-state index in [4.69, 9.17) is 10.8 Å². The zero-order chi connectivity index (χ0) is 15.3. The van der Waals surface area contributed by atoms with Gasteiger partial charge in [-0.1, -0.05) is 0 Å². The first-order chi connectivity index (χ1) is 9.19. The van der Waals surface area contributed by atoms with Crippen molar-refractivity contribution in [2.75, 3.05) is 32.7 Å². The van der Waals surface area contributed by atoms with Gasteiger partial charge in [0, 0.05) is 32.6 Å². The summed E-state index contributed by atoms with van der Waals surface area (Å²) in [5.41, 5.74) is 5.58. The van der Waals surface area contributed by atoms with E-state index in [-0.39, 0.29) is 39.0 Å². The van der Waals surface area contributed by atoms with E-state index in [2.05, 4.69) is 0 Å². The van der Waals surface area contributed by atoms with Gasteiger partial charge in [-0.25, -0.2) is 0 Å². The maximum atomic E-state index is 12.2. The number of rotatable bonds is 5. The molecule has 1 heterocycles. The van der Waals surface area contributed by atoms with Gasteiger partial charge >= 0.3 is 12.1 Å². The van der Waals surface area contributed by atoms with Gasteiger partial charge in [-0.3, -0.25) is 14.5 Å². The van der Waals surface area contributed by atoms with Crippen LogP contribution in [-0.2, 0) is 9.59 Å². The molecular formula is C11H18F3N3O3. The monoisotopic (exact) mass is 297 g/mol. The Kier molecular flexibility index (Phi) is 5.75. The number of carbonyl (C=O) groups is 2. The molecule has 6 nitrogen and oxygen atoms in total. The molecule has 1 atom stereocenters. The van der Waals surface area contributed by atoms with E-state index in [0.29, 0.717) is 0 Å². The molecule has 0 saturated carbocycles. The Labute approximate surface area is 114 Å². The van der Waals surface area contributed by atoms with Crippen LogP contribution in [0.1, 0.15) is 12.8 Å². The molecule has 1 aliphatic heterocycles. The number of hydrogen-bond donors (Lipinski definition) is 2. The molecule has 1 amide bonds. The van der Waals surface area contributed by atoms with Gasteiger partial charge in [0.2, 0.25) is 5.91 Å². The number of carboxylic acid groups (broad SMARTS) is 1.